The third-order valence-electron chi connectivity index (χ3n) is 3.03. The predicted octanol–water partition coefficient (Wildman–Crippen LogP) is 3.68. The van der Waals surface area contributed by atoms with Gasteiger partial charge in [0.2, 0.25) is 0 Å². The average Bonchev–Trinajstić information content (AvgIpc) is 2.60. The van der Waals surface area contributed by atoms with E-state index in [0.29, 0.717) is 0 Å². The maximum atomic E-state index is 9.04. The molecule has 0 saturated carbocycles. The smallest absolute Gasteiger partial charge is 0.0998 e. The summed E-state index contributed by atoms with van der Waals surface area (Å²) in [6.45, 7) is 4.25. The first kappa shape index (κ1) is 9.73. The number of nitrogens with zero attached hydrogens (tertiary/aromatic N) is 1. The number of hydrogen-bond donors (Lipinski definition) is 0. The number of allylic oxidation sites excluding steroid dienone is 4. The Morgan fingerprint density at radius 2 is 1.93 bits per heavy atom. The van der Waals surface area contributed by atoms with Crippen LogP contribution in [0.15, 0.2) is 41.5 Å². The van der Waals surface area contributed by atoms with Crippen LogP contribution in [0.4, 0.5) is 0 Å². The molecule has 0 amide bonds. The van der Waals surface area contributed by atoms with Gasteiger partial charge in [0.25, 0.3) is 0 Å². The van der Waals surface area contributed by atoms with Crippen LogP contribution < -0.4 is 0 Å². The Labute approximate surface area is 90.4 Å². The van der Waals surface area contributed by atoms with Gasteiger partial charge < -0.3 is 0 Å². The molecule has 0 bridgehead atoms. The first-order valence-electron chi connectivity index (χ1n) is 5.10. The van der Waals surface area contributed by atoms with E-state index in [9.17, 15) is 0 Å². The van der Waals surface area contributed by atoms with Crippen molar-refractivity contribution in [1.82, 2.24) is 0 Å². The highest BCUT2D eigenvalue weighted by atomic mass is 14.3. The van der Waals surface area contributed by atoms with Gasteiger partial charge in [0.1, 0.15) is 0 Å². The number of benzene rings is 1. The fourth-order valence-electron chi connectivity index (χ4n) is 1.96. The maximum Gasteiger partial charge on any atom is 0.0998 e. The van der Waals surface area contributed by atoms with E-state index in [1.54, 1.807) is 0 Å². The van der Waals surface area contributed by atoms with Crippen molar-refractivity contribution in [3.05, 3.63) is 52.6 Å². The number of nitriles is 1. The summed E-state index contributed by atoms with van der Waals surface area (Å²) < 4.78 is 0. The summed E-state index contributed by atoms with van der Waals surface area (Å²) in [5.74, 6) is 0. The second-order valence-corrected chi connectivity index (χ2v) is 3.85. The van der Waals surface area contributed by atoms with Crippen LogP contribution in [-0.2, 0) is 0 Å². The van der Waals surface area contributed by atoms with Gasteiger partial charge in [0.05, 0.1) is 11.6 Å². The van der Waals surface area contributed by atoms with Crippen molar-refractivity contribution in [3.8, 4) is 6.07 Å². The normalized spacial score (nSPS) is 15.1. The maximum absolute atomic E-state index is 9.04. The van der Waals surface area contributed by atoms with Crippen LogP contribution in [0.3, 0.4) is 0 Å². The van der Waals surface area contributed by atoms with Gasteiger partial charge >= 0.3 is 0 Å². The van der Waals surface area contributed by atoms with Gasteiger partial charge in [-0.15, -0.1) is 0 Å². The lowest BCUT2D eigenvalue weighted by Crippen LogP contribution is -1.89. The minimum absolute atomic E-state index is 0.773. The van der Waals surface area contributed by atoms with Gasteiger partial charge in [-0.05, 0) is 43.0 Å². The highest BCUT2D eigenvalue weighted by Gasteiger charge is 2.14. The van der Waals surface area contributed by atoms with E-state index in [4.69, 9.17) is 5.26 Å². The monoisotopic (exact) mass is 195 g/mol. The van der Waals surface area contributed by atoms with Crippen molar-refractivity contribution in [2.24, 2.45) is 0 Å². The van der Waals surface area contributed by atoms with Gasteiger partial charge in [-0.2, -0.15) is 5.26 Å². The zero-order chi connectivity index (χ0) is 10.8. The largest absolute Gasteiger partial charge is 0.192 e. The van der Waals surface area contributed by atoms with E-state index in [0.717, 1.165) is 17.5 Å². The van der Waals surface area contributed by atoms with Crippen LogP contribution in [0.2, 0.25) is 0 Å². The van der Waals surface area contributed by atoms with Gasteiger partial charge in [-0.3, -0.25) is 0 Å². The quantitative estimate of drug-likeness (QED) is 0.670. The first-order valence-corrected chi connectivity index (χ1v) is 5.10. The van der Waals surface area contributed by atoms with E-state index in [1.807, 2.05) is 24.3 Å². The molecule has 0 spiro atoms. The molecule has 0 fully saturated rings. The molecule has 1 aromatic carbocycles. The second-order valence-electron chi connectivity index (χ2n) is 3.85. The summed E-state index contributed by atoms with van der Waals surface area (Å²) in [4.78, 5) is 0. The summed E-state index contributed by atoms with van der Waals surface area (Å²) in [6, 6.07) is 10.1. The molecule has 0 saturated heterocycles. The molecule has 0 N–H and O–H groups in total. The molecule has 1 heteroatoms. The van der Waals surface area contributed by atoms with Crippen molar-refractivity contribution < 1.29 is 0 Å². The fourth-order valence-corrected chi connectivity index (χ4v) is 1.96. The Bertz CT molecular complexity index is 498. The van der Waals surface area contributed by atoms with Crippen LogP contribution in [0.5, 0.6) is 0 Å². The summed E-state index contributed by atoms with van der Waals surface area (Å²) in [6.07, 6.45) is 3.18. The summed E-state index contributed by atoms with van der Waals surface area (Å²) in [7, 11) is 0. The van der Waals surface area contributed by atoms with Crippen molar-refractivity contribution in [2.45, 2.75) is 20.3 Å². The molecular weight excluding hydrogens is 182 g/mol. The Balaban J connectivity index is 2.54. The van der Waals surface area contributed by atoms with Crippen molar-refractivity contribution in [1.29, 1.82) is 5.26 Å². The topological polar surface area (TPSA) is 23.8 Å². The minimum Gasteiger partial charge on any atom is -0.192 e. The molecule has 1 aliphatic rings. The van der Waals surface area contributed by atoms with Crippen molar-refractivity contribution >= 4 is 5.57 Å². The molecule has 2 rings (SSSR count). The van der Waals surface area contributed by atoms with Crippen LogP contribution in [-0.4, -0.2) is 0 Å². The Morgan fingerprint density at radius 3 is 2.53 bits per heavy atom. The SMILES string of the molecule is CC1=CCC(c2ccccc2C#N)=C1C. The fraction of sp³-hybridized carbons (Fsp3) is 0.214. The van der Waals surface area contributed by atoms with Gasteiger partial charge in [-0.1, -0.05) is 29.8 Å². The standard InChI is InChI=1S/C14H13N/c1-10-7-8-13(11(10)2)14-6-4-3-5-12(14)9-15/h3-7H,8H2,1-2H3. The van der Waals surface area contributed by atoms with E-state index in [1.165, 1.54) is 16.7 Å². The highest BCUT2D eigenvalue weighted by Crippen LogP contribution is 2.34. The molecular formula is C14H13N. The number of hydrogen-bond acceptors (Lipinski definition) is 1. The van der Waals surface area contributed by atoms with Crippen molar-refractivity contribution in [2.75, 3.05) is 0 Å². The van der Waals surface area contributed by atoms with Gasteiger partial charge in [-0.25, -0.2) is 0 Å². The molecule has 0 aliphatic heterocycles. The lowest BCUT2D eigenvalue weighted by molar-refractivity contribution is 1.37. The van der Waals surface area contributed by atoms with Crippen LogP contribution in [0.1, 0.15) is 31.4 Å². The molecule has 74 valence electrons. The molecule has 0 aromatic heterocycles. The lowest BCUT2D eigenvalue weighted by Gasteiger charge is -2.07. The lowest BCUT2D eigenvalue weighted by atomic mass is 9.96. The summed E-state index contributed by atoms with van der Waals surface area (Å²) >= 11 is 0. The molecule has 0 heterocycles. The molecule has 0 atom stereocenters. The van der Waals surface area contributed by atoms with E-state index in [-0.39, 0.29) is 0 Å². The Morgan fingerprint density at radius 1 is 1.20 bits per heavy atom. The molecule has 1 aliphatic carbocycles. The highest BCUT2D eigenvalue weighted by molar-refractivity contribution is 5.79. The van der Waals surface area contributed by atoms with E-state index >= 15 is 0 Å². The number of rotatable bonds is 1. The summed E-state index contributed by atoms with van der Waals surface area (Å²) in [5, 5.41) is 9.04. The zero-order valence-electron chi connectivity index (χ0n) is 9.04. The molecule has 1 nitrogen and oxygen atoms in total. The summed E-state index contributed by atoms with van der Waals surface area (Å²) in [5.41, 5.74) is 5.81. The average molecular weight is 195 g/mol. The zero-order valence-corrected chi connectivity index (χ0v) is 9.04. The molecule has 15 heavy (non-hydrogen) atoms. The van der Waals surface area contributed by atoms with Gasteiger partial charge in [0.15, 0.2) is 0 Å². The van der Waals surface area contributed by atoms with Crippen LogP contribution in [0.25, 0.3) is 5.57 Å². The van der Waals surface area contributed by atoms with Crippen LogP contribution in [0, 0.1) is 11.3 Å². The van der Waals surface area contributed by atoms with Crippen molar-refractivity contribution in [3.63, 3.8) is 0 Å². The molecule has 1 aromatic rings. The minimum atomic E-state index is 0.773. The van der Waals surface area contributed by atoms with Crippen LogP contribution >= 0.6 is 0 Å². The third kappa shape index (κ3) is 1.59. The third-order valence-corrected chi connectivity index (χ3v) is 3.03. The Kier molecular flexibility index (Phi) is 2.43. The predicted molar refractivity (Wildman–Crippen MR) is 62.1 cm³/mol. The van der Waals surface area contributed by atoms with E-state index in [2.05, 4.69) is 26.0 Å². The first-order chi connectivity index (χ1) is 7.24. The molecule has 0 radical (unpaired) electrons. The second kappa shape index (κ2) is 3.74. The van der Waals surface area contributed by atoms with Gasteiger partial charge in [0, 0.05) is 0 Å². The Hall–Kier alpha value is -1.81. The molecule has 0 unspecified atom stereocenters. The van der Waals surface area contributed by atoms with E-state index < -0.39 is 0 Å².